The number of ether oxygens (including phenoxy) is 1. The lowest BCUT2D eigenvalue weighted by Crippen LogP contribution is -2.38. The number of aryl methyl sites for hydroxylation is 1. The Bertz CT molecular complexity index is 687. The van der Waals surface area contributed by atoms with E-state index in [0.717, 1.165) is 24.6 Å². The van der Waals surface area contributed by atoms with Gasteiger partial charge in [0.15, 0.2) is 5.16 Å². The summed E-state index contributed by atoms with van der Waals surface area (Å²) in [6, 6.07) is 0. The maximum absolute atomic E-state index is 12.2. The number of H-pyrrole nitrogens is 1. The number of aromatic amines is 1. The molecule has 2 bridgehead atoms. The predicted octanol–water partition coefficient (Wildman–Crippen LogP) is 2.32. The van der Waals surface area contributed by atoms with E-state index in [4.69, 9.17) is 4.74 Å². The molecule has 0 radical (unpaired) electrons. The Morgan fingerprint density at radius 3 is 2.70 bits per heavy atom. The van der Waals surface area contributed by atoms with Gasteiger partial charge in [-0.05, 0) is 37.5 Å². The van der Waals surface area contributed by atoms with E-state index in [-0.39, 0.29) is 34.2 Å². The number of aromatic nitrogens is 3. The van der Waals surface area contributed by atoms with Crippen LogP contribution in [0.15, 0.2) is 9.95 Å². The Morgan fingerprint density at radius 1 is 1.39 bits per heavy atom. The molecule has 7 heteroatoms. The van der Waals surface area contributed by atoms with Crippen molar-refractivity contribution in [2.45, 2.75) is 58.2 Å². The van der Waals surface area contributed by atoms with E-state index >= 15 is 0 Å². The van der Waals surface area contributed by atoms with Crippen molar-refractivity contribution >= 4 is 17.7 Å². The first-order chi connectivity index (χ1) is 10.7. The van der Waals surface area contributed by atoms with E-state index in [2.05, 4.69) is 36.0 Å². The smallest absolute Gasteiger partial charge is 0.316 e. The van der Waals surface area contributed by atoms with Crippen molar-refractivity contribution in [2.75, 3.05) is 5.75 Å². The van der Waals surface area contributed by atoms with E-state index in [9.17, 15) is 9.59 Å². The number of hydrogen-bond acceptors (Lipinski definition) is 6. The molecule has 1 aromatic heterocycles. The third kappa shape index (κ3) is 2.69. The van der Waals surface area contributed by atoms with Crippen molar-refractivity contribution in [2.24, 2.45) is 16.7 Å². The first kappa shape index (κ1) is 16.5. The minimum atomic E-state index is -0.279. The van der Waals surface area contributed by atoms with Gasteiger partial charge in [0.05, 0.1) is 5.75 Å². The quantitative estimate of drug-likeness (QED) is 0.670. The second-order valence-corrected chi connectivity index (χ2v) is 8.39. The Balaban J connectivity index is 1.58. The van der Waals surface area contributed by atoms with Gasteiger partial charge < -0.3 is 4.74 Å². The van der Waals surface area contributed by atoms with Crippen molar-refractivity contribution < 1.29 is 9.53 Å². The highest BCUT2D eigenvalue weighted by Gasteiger charge is 2.62. The zero-order valence-corrected chi connectivity index (χ0v) is 14.8. The van der Waals surface area contributed by atoms with Gasteiger partial charge in [0, 0.05) is 5.41 Å². The Hall–Kier alpha value is -1.37. The van der Waals surface area contributed by atoms with E-state index in [1.165, 1.54) is 6.42 Å². The van der Waals surface area contributed by atoms with Crippen molar-refractivity contribution in [3.8, 4) is 0 Å². The summed E-state index contributed by atoms with van der Waals surface area (Å²) in [7, 11) is 0. The summed E-state index contributed by atoms with van der Waals surface area (Å²) in [5, 5.41) is 7.97. The Labute approximate surface area is 139 Å². The molecule has 0 amide bonds. The highest BCUT2D eigenvalue weighted by Crippen LogP contribution is 2.66. The predicted molar refractivity (Wildman–Crippen MR) is 87.2 cm³/mol. The van der Waals surface area contributed by atoms with Gasteiger partial charge in [-0.2, -0.15) is 0 Å². The van der Waals surface area contributed by atoms with Crippen LogP contribution in [0.25, 0.3) is 0 Å². The molecule has 0 unspecified atom stereocenters. The topological polar surface area (TPSA) is 84.9 Å². The molecule has 3 atom stereocenters. The molecule has 3 rings (SSSR count). The second kappa shape index (κ2) is 5.61. The van der Waals surface area contributed by atoms with Gasteiger partial charge in [0.25, 0.3) is 5.56 Å². The standard InChI is InChI=1S/C16H23N3O3S/c1-9-13(21)17-14(19-18-9)23-8-12(20)22-11-7-10-5-6-16(11,4)15(10,2)3/h10-11H,5-8H2,1-4H3,(H,17,19,21)/t10-,11-,16-/m1/s1. The summed E-state index contributed by atoms with van der Waals surface area (Å²) < 4.78 is 5.76. The fraction of sp³-hybridized carbons (Fsp3) is 0.750. The van der Waals surface area contributed by atoms with E-state index in [1.54, 1.807) is 6.92 Å². The molecule has 1 heterocycles. The lowest BCUT2D eigenvalue weighted by Gasteiger charge is -2.38. The lowest BCUT2D eigenvalue weighted by atomic mass is 9.70. The van der Waals surface area contributed by atoms with Gasteiger partial charge in [0.2, 0.25) is 0 Å². The summed E-state index contributed by atoms with van der Waals surface area (Å²) in [5.74, 6) is 0.510. The fourth-order valence-corrected chi connectivity index (χ4v) is 4.66. The van der Waals surface area contributed by atoms with Crippen molar-refractivity contribution in [3.63, 3.8) is 0 Å². The summed E-state index contributed by atoms with van der Waals surface area (Å²) in [6.07, 6.45) is 3.30. The number of rotatable bonds is 4. The first-order valence-corrected chi connectivity index (χ1v) is 8.98. The van der Waals surface area contributed by atoms with Crippen LogP contribution in [0.4, 0.5) is 0 Å². The largest absolute Gasteiger partial charge is 0.461 e. The highest BCUT2D eigenvalue weighted by molar-refractivity contribution is 7.99. The molecule has 0 aliphatic heterocycles. The van der Waals surface area contributed by atoms with Crippen LogP contribution in [-0.4, -0.2) is 33.0 Å². The number of carbonyl (C=O) groups excluding carboxylic acids is 1. The van der Waals surface area contributed by atoms with Crippen molar-refractivity contribution in [1.82, 2.24) is 15.2 Å². The minimum Gasteiger partial charge on any atom is -0.461 e. The number of nitrogens with zero attached hydrogens (tertiary/aromatic N) is 2. The second-order valence-electron chi connectivity index (χ2n) is 7.42. The van der Waals surface area contributed by atoms with Crippen molar-refractivity contribution in [3.05, 3.63) is 16.0 Å². The zero-order valence-electron chi connectivity index (χ0n) is 14.0. The molecule has 126 valence electrons. The van der Waals surface area contributed by atoms with Gasteiger partial charge in [0.1, 0.15) is 11.8 Å². The van der Waals surface area contributed by atoms with Crippen LogP contribution >= 0.6 is 11.8 Å². The highest BCUT2D eigenvalue weighted by atomic mass is 32.2. The summed E-state index contributed by atoms with van der Waals surface area (Å²) >= 11 is 1.15. The van der Waals surface area contributed by atoms with Crippen LogP contribution < -0.4 is 5.56 Å². The molecular weight excluding hydrogens is 314 g/mol. The summed E-state index contributed by atoms with van der Waals surface area (Å²) in [4.78, 5) is 26.2. The number of nitrogens with one attached hydrogen (secondary N) is 1. The number of hydrogen-bond donors (Lipinski definition) is 1. The lowest BCUT2D eigenvalue weighted by molar-refractivity contribution is -0.153. The maximum atomic E-state index is 12.2. The van der Waals surface area contributed by atoms with Crippen LogP contribution in [0.2, 0.25) is 0 Å². The third-order valence-electron chi connectivity index (χ3n) is 6.15. The van der Waals surface area contributed by atoms with E-state index < -0.39 is 0 Å². The molecule has 1 aromatic rings. The van der Waals surface area contributed by atoms with Crippen molar-refractivity contribution in [1.29, 1.82) is 0 Å². The fourth-order valence-electron chi connectivity index (χ4n) is 4.07. The number of carbonyl (C=O) groups is 1. The van der Waals surface area contributed by atoms with Crippen LogP contribution in [-0.2, 0) is 9.53 Å². The first-order valence-electron chi connectivity index (χ1n) is 8.00. The van der Waals surface area contributed by atoms with E-state index in [1.807, 2.05) is 0 Å². The molecule has 6 nitrogen and oxygen atoms in total. The van der Waals surface area contributed by atoms with Crippen LogP contribution in [0.3, 0.4) is 0 Å². The van der Waals surface area contributed by atoms with Gasteiger partial charge >= 0.3 is 5.97 Å². The molecule has 23 heavy (non-hydrogen) atoms. The van der Waals surface area contributed by atoms with Crippen LogP contribution in [0.5, 0.6) is 0 Å². The maximum Gasteiger partial charge on any atom is 0.316 e. The minimum absolute atomic E-state index is 0.00694. The van der Waals surface area contributed by atoms with Gasteiger partial charge in [-0.3, -0.25) is 14.6 Å². The number of esters is 1. The van der Waals surface area contributed by atoms with Gasteiger partial charge in [-0.15, -0.1) is 10.2 Å². The molecule has 0 saturated heterocycles. The molecule has 2 aliphatic carbocycles. The molecule has 0 aromatic carbocycles. The molecule has 1 N–H and O–H groups in total. The molecule has 2 aliphatic rings. The van der Waals surface area contributed by atoms with Gasteiger partial charge in [-0.25, -0.2) is 0 Å². The summed E-state index contributed by atoms with van der Waals surface area (Å²) in [6.45, 7) is 8.42. The normalized spacial score (nSPS) is 31.3. The molecule has 2 fully saturated rings. The Kier molecular flexibility index (Phi) is 4.02. The van der Waals surface area contributed by atoms with E-state index in [0.29, 0.717) is 16.8 Å². The SMILES string of the molecule is Cc1nnc(SCC(=O)O[C@@H]2C[C@H]3CC[C@@]2(C)C3(C)C)[nH]c1=O. The molecule has 0 spiro atoms. The molecular formula is C16H23N3O3S. The van der Waals surface area contributed by atoms with Crippen LogP contribution in [0.1, 0.15) is 45.7 Å². The molecule has 2 saturated carbocycles. The zero-order chi connectivity index (χ0) is 16.8. The number of fused-ring (bicyclic) bond motifs is 2. The van der Waals surface area contributed by atoms with Gasteiger partial charge in [-0.1, -0.05) is 32.5 Å². The summed E-state index contributed by atoms with van der Waals surface area (Å²) in [5.41, 5.74) is 0.321. The monoisotopic (exact) mass is 337 g/mol. The average molecular weight is 337 g/mol. The Morgan fingerprint density at radius 2 is 2.13 bits per heavy atom. The number of thioether (sulfide) groups is 1. The third-order valence-corrected chi connectivity index (χ3v) is 6.99. The van der Waals surface area contributed by atoms with Crippen LogP contribution in [0, 0.1) is 23.7 Å². The average Bonchev–Trinajstić information content (AvgIpc) is 2.82.